The molecule has 0 aromatic heterocycles. The standard InChI is InChI=1S/2C10H15.4BrH.2Rh/c2*1-6-7(2)9(4)10(5)8(6)3;;;;;;/h2*1-5H3;4*1H;;/q;;;;;;2*+2/p-4. The van der Waals surface area contributed by atoms with E-state index in [1.165, 1.54) is 59.2 Å². The molecule has 0 aromatic carbocycles. The fourth-order valence-corrected chi connectivity index (χ4v) is 2.81. The second-order valence-corrected chi connectivity index (χ2v) is 21.5. The monoisotopic (exact) mass is 792 g/mol. The predicted octanol–water partition coefficient (Wildman–Crippen LogP) is 9.32. The van der Waals surface area contributed by atoms with Crippen molar-refractivity contribution in [1.29, 1.82) is 0 Å². The quantitative estimate of drug-likeness (QED) is 0.215. The average Bonchev–Trinajstić information content (AvgIpc) is 2.87. The summed E-state index contributed by atoms with van der Waals surface area (Å²) in [6, 6.07) is 0. The van der Waals surface area contributed by atoms with Crippen LogP contribution in [0.4, 0.5) is 0 Å². The van der Waals surface area contributed by atoms with Crippen molar-refractivity contribution >= 4 is 54.5 Å². The van der Waals surface area contributed by atoms with E-state index in [0.29, 0.717) is 26.4 Å². The van der Waals surface area contributed by atoms with E-state index in [1.807, 2.05) is 0 Å². The molecule has 2 rings (SSSR count). The molecule has 0 bridgehead atoms. The summed E-state index contributed by atoms with van der Waals surface area (Å²) in [6.07, 6.45) is 0. The zero-order valence-electron chi connectivity index (χ0n) is 17.2. The van der Waals surface area contributed by atoms with E-state index in [-0.39, 0.29) is 0 Å². The first-order valence-electron chi connectivity index (χ1n) is 8.00. The Morgan fingerprint density at radius 3 is 0.385 bits per heavy atom. The van der Waals surface area contributed by atoms with Gasteiger partial charge in [-0.1, -0.05) is 69.2 Å². The van der Waals surface area contributed by atoms with Crippen LogP contribution in [0.5, 0.6) is 0 Å². The Balaban J connectivity index is 0. The fraction of sp³-hybridized carbons (Fsp3) is 0.500. The van der Waals surface area contributed by atoms with Crippen LogP contribution in [-0.2, 0) is 26.4 Å². The first kappa shape index (κ1) is 31.4. The van der Waals surface area contributed by atoms with E-state index in [0.717, 1.165) is 0 Å². The zero-order valence-corrected chi connectivity index (χ0v) is 26.8. The average molecular weight is 796 g/mol. The Morgan fingerprint density at radius 1 is 0.308 bits per heavy atom. The Labute approximate surface area is 207 Å². The van der Waals surface area contributed by atoms with Crippen LogP contribution < -0.4 is 0 Å². The summed E-state index contributed by atoms with van der Waals surface area (Å²) in [7, 11) is 0. The predicted molar refractivity (Wildman–Crippen MR) is 125 cm³/mol. The topological polar surface area (TPSA) is 0 Å². The van der Waals surface area contributed by atoms with Crippen LogP contribution in [0.25, 0.3) is 0 Å². The van der Waals surface area contributed by atoms with Crippen LogP contribution in [0.2, 0.25) is 0 Å². The van der Waals surface area contributed by atoms with Crippen LogP contribution >= 0.6 is 54.5 Å². The summed E-state index contributed by atoms with van der Waals surface area (Å²) in [5.41, 5.74) is 0. The molecule has 6 heteroatoms. The molecule has 0 aliphatic heterocycles. The fourth-order valence-electron chi connectivity index (χ4n) is 2.81. The molecule has 2 saturated carbocycles. The van der Waals surface area contributed by atoms with Crippen molar-refractivity contribution in [2.75, 3.05) is 0 Å². The SMILES string of the molecule is C[C]1[C](C)[C](C)[C](C)[C]1C.C[C]1[C](C)[C](C)[C](C)[C]1C.[Br][Rh][Br].[Br][Rh][Br]. The number of hydrogen-bond donors (Lipinski definition) is 0. The van der Waals surface area contributed by atoms with Gasteiger partial charge in [0.2, 0.25) is 0 Å². The summed E-state index contributed by atoms with van der Waals surface area (Å²) < 4.78 is 0. The Morgan fingerprint density at radius 2 is 0.346 bits per heavy atom. The molecule has 156 valence electrons. The molecule has 0 spiro atoms. The second-order valence-electron chi connectivity index (χ2n) is 6.35. The van der Waals surface area contributed by atoms with Gasteiger partial charge in [-0.15, -0.1) is 0 Å². The van der Waals surface area contributed by atoms with Gasteiger partial charge in [0.15, 0.2) is 0 Å². The number of halogens is 4. The van der Waals surface area contributed by atoms with E-state index in [2.05, 4.69) is 124 Å². The maximum atomic E-state index is 3.13. The normalized spacial score (nSPS) is 23.6. The van der Waals surface area contributed by atoms with Crippen LogP contribution in [0.15, 0.2) is 0 Å². The summed E-state index contributed by atoms with van der Waals surface area (Å²) in [5, 5.41) is 0. The van der Waals surface area contributed by atoms with Crippen molar-refractivity contribution in [3.63, 3.8) is 0 Å². The van der Waals surface area contributed by atoms with E-state index in [1.54, 1.807) is 0 Å². The molecule has 0 saturated heterocycles. The third-order valence-corrected chi connectivity index (χ3v) is 5.62. The Hall–Kier alpha value is 3.17. The molecule has 0 N–H and O–H groups in total. The van der Waals surface area contributed by atoms with Gasteiger partial charge in [-0.3, -0.25) is 0 Å². The van der Waals surface area contributed by atoms with Crippen molar-refractivity contribution in [3.05, 3.63) is 59.2 Å². The molecular formula is C20H30Br4Rh2. The summed E-state index contributed by atoms with van der Waals surface area (Å²) in [5.74, 6) is 14.7. The van der Waals surface area contributed by atoms with Crippen molar-refractivity contribution < 1.29 is 26.4 Å². The third kappa shape index (κ3) is 9.98. The Bertz CT molecular complexity index is 224. The van der Waals surface area contributed by atoms with Crippen molar-refractivity contribution in [2.45, 2.75) is 69.2 Å². The van der Waals surface area contributed by atoms with Gasteiger partial charge in [-0.2, -0.15) is 0 Å². The first-order chi connectivity index (χ1) is 11.9. The van der Waals surface area contributed by atoms with Crippen LogP contribution in [-0.4, -0.2) is 0 Å². The zero-order chi connectivity index (χ0) is 21.2. The number of hydrogen-bond acceptors (Lipinski definition) is 0. The van der Waals surface area contributed by atoms with Crippen molar-refractivity contribution in [3.8, 4) is 0 Å². The van der Waals surface area contributed by atoms with E-state index in [4.69, 9.17) is 0 Å². The molecule has 2 aliphatic carbocycles. The molecule has 2 aliphatic rings. The molecule has 0 amide bonds. The third-order valence-electron chi connectivity index (χ3n) is 5.62. The Kier molecular flexibility index (Phi) is 20.3. The summed E-state index contributed by atoms with van der Waals surface area (Å²) in [6.45, 7) is 22.0. The summed E-state index contributed by atoms with van der Waals surface area (Å²) in [4.78, 5) is 0. The minimum absolute atomic E-state index is 0.455. The van der Waals surface area contributed by atoms with Gasteiger partial charge in [-0.05, 0) is 59.2 Å². The van der Waals surface area contributed by atoms with E-state index in [9.17, 15) is 0 Å². The van der Waals surface area contributed by atoms with Crippen molar-refractivity contribution in [1.82, 2.24) is 0 Å². The van der Waals surface area contributed by atoms with Crippen molar-refractivity contribution in [2.24, 2.45) is 0 Å². The van der Waals surface area contributed by atoms with Gasteiger partial charge in [0.25, 0.3) is 0 Å². The molecule has 26 heavy (non-hydrogen) atoms. The van der Waals surface area contributed by atoms with Crippen LogP contribution in [0.1, 0.15) is 69.2 Å². The molecule has 0 aromatic rings. The molecule has 0 heterocycles. The van der Waals surface area contributed by atoms with Gasteiger partial charge >= 0.3 is 80.9 Å². The van der Waals surface area contributed by atoms with E-state index >= 15 is 0 Å². The van der Waals surface area contributed by atoms with Gasteiger partial charge in [-0.25, -0.2) is 0 Å². The van der Waals surface area contributed by atoms with Gasteiger partial charge in [0, 0.05) is 0 Å². The second kappa shape index (κ2) is 16.8. The molecule has 0 unspecified atom stereocenters. The van der Waals surface area contributed by atoms with Gasteiger partial charge < -0.3 is 0 Å². The molecule has 10 radical (unpaired) electrons. The maximum absolute atomic E-state index is 3.13. The molecule has 0 atom stereocenters. The number of rotatable bonds is 0. The molecule has 0 nitrogen and oxygen atoms in total. The molecular weight excluding hydrogens is 766 g/mol. The molecule has 2 fully saturated rings. The van der Waals surface area contributed by atoms with Crippen LogP contribution in [0.3, 0.4) is 0 Å². The first-order valence-corrected chi connectivity index (χ1v) is 23.0. The summed E-state index contributed by atoms with van der Waals surface area (Å²) >= 11 is 13.4. The van der Waals surface area contributed by atoms with Gasteiger partial charge in [0.05, 0.1) is 0 Å². The van der Waals surface area contributed by atoms with Crippen LogP contribution in [0, 0.1) is 59.2 Å². The van der Waals surface area contributed by atoms with E-state index < -0.39 is 0 Å². The van der Waals surface area contributed by atoms with Gasteiger partial charge in [0.1, 0.15) is 0 Å². The minimum atomic E-state index is 0.455.